The van der Waals surface area contributed by atoms with E-state index in [2.05, 4.69) is 39.4 Å². The first kappa shape index (κ1) is 18.8. The molecule has 1 N–H and O–H groups in total. The van der Waals surface area contributed by atoms with Crippen LogP contribution in [0.2, 0.25) is 0 Å². The van der Waals surface area contributed by atoms with Gasteiger partial charge < -0.3 is 10.2 Å². The number of aryl methyl sites for hydroxylation is 3. The zero-order valence-corrected chi connectivity index (χ0v) is 16.4. The highest BCUT2D eigenvalue weighted by Crippen LogP contribution is 2.17. The molecule has 0 spiro atoms. The second-order valence-corrected chi connectivity index (χ2v) is 6.62. The number of carbonyl (C=O) groups excluding carboxylic acids is 1. The molecule has 3 aromatic rings. The highest BCUT2D eigenvalue weighted by Gasteiger charge is 2.12. The summed E-state index contributed by atoms with van der Waals surface area (Å²) in [5.41, 5.74) is 3.71. The standard InChI is InChI=1S/C20H26N6O/c1-5-25(6-2)19-10-9-17-22-23-18(26(17)24-19)11-12-20(27)21-16-13-14(3)7-8-15(16)4/h7-10,13H,5-6,11-12H2,1-4H3,(H,21,27). The highest BCUT2D eigenvalue weighted by atomic mass is 16.1. The minimum absolute atomic E-state index is 0.0413. The molecule has 1 amide bonds. The van der Waals surface area contributed by atoms with E-state index in [-0.39, 0.29) is 5.91 Å². The third kappa shape index (κ3) is 4.24. The molecular weight excluding hydrogens is 340 g/mol. The number of anilines is 2. The van der Waals surface area contributed by atoms with Crippen LogP contribution in [0.4, 0.5) is 11.5 Å². The van der Waals surface area contributed by atoms with Gasteiger partial charge in [0.1, 0.15) is 5.82 Å². The third-order valence-corrected chi connectivity index (χ3v) is 4.64. The summed E-state index contributed by atoms with van der Waals surface area (Å²) in [5, 5.41) is 16.0. The molecule has 27 heavy (non-hydrogen) atoms. The lowest BCUT2D eigenvalue weighted by atomic mass is 10.1. The molecule has 0 saturated carbocycles. The Bertz CT molecular complexity index is 945. The van der Waals surface area contributed by atoms with Gasteiger partial charge in [0, 0.05) is 31.6 Å². The summed E-state index contributed by atoms with van der Waals surface area (Å²) >= 11 is 0. The van der Waals surface area contributed by atoms with Gasteiger partial charge in [-0.15, -0.1) is 15.3 Å². The van der Waals surface area contributed by atoms with E-state index >= 15 is 0 Å². The number of aromatic nitrogens is 4. The van der Waals surface area contributed by atoms with Gasteiger partial charge in [-0.25, -0.2) is 0 Å². The quantitative estimate of drug-likeness (QED) is 0.695. The zero-order valence-electron chi connectivity index (χ0n) is 16.4. The summed E-state index contributed by atoms with van der Waals surface area (Å²) < 4.78 is 1.73. The van der Waals surface area contributed by atoms with Crippen molar-refractivity contribution in [3.63, 3.8) is 0 Å². The molecule has 2 aromatic heterocycles. The molecule has 0 unspecified atom stereocenters. The van der Waals surface area contributed by atoms with Crippen LogP contribution in [0.25, 0.3) is 5.65 Å². The molecule has 0 saturated heterocycles. The normalized spacial score (nSPS) is 11.0. The average molecular weight is 366 g/mol. The summed E-state index contributed by atoms with van der Waals surface area (Å²) in [6.07, 6.45) is 0.803. The number of fused-ring (bicyclic) bond motifs is 1. The Morgan fingerprint density at radius 2 is 1.89 bits per heavy atom. The van der Waals surface area contributed by atoms with Gasteiger partial charge in [-0.05, 0) is 57.0 Å². The minimum atomic E-state index is -0.0413. The fourth-order valence-electron chi connectivity index (χ4n) is 3.00. The first-order valence-electron chi connectivity index (χ1n) is 9.35. The van der Waals surface area contributed by atoms with E-state index in [1.807, 2.05) is 44.2 Å². The number of hydrogen-bond acceptors (Lipinski definition) is 5. The molecule has 2 heterocycles. The van der Waals surface area contributed by atoms with Crippen molar-refractivity contribution in [3.8, 4) is 0 Å². The van der Waals surface area contributed by atoms with Crippen LogP contribution in [0.1, 0.15) is 37.2 Å². The van der Waals surface area contributed by atoms with E-state index in [0.29, 0.717) is 24.3 Å². The molecule has 0 radical (unpaired) electrons. The topological polar surface area (TPSA) is 75.4 Å². The average Bonchev–Trinajstić information content (AvgIpc) is 3.06. The van der Waals surface area contributed by atoms with Crippen molar-refractivity contribution in [3.05, 3.63) is 47.3 Å². The summed E-state index contributed by atoms with van der Waals surface area (Å²) in [6.45, 7) is 9.95. The van der Waals surface area contributed by atoms with Crippen molar-refractivity contribution in [1.29, 1.82) is 0 Å². The van der Waals surface area contributed by atoms with Gasteiger partial charge in [0.05, 0.1) is 0 Å². The van der Waals surface area contributed by atoms with Gasteiger partial charge >= 0.3 is 0 Å². The number of carbonyl (C=O) groups is 1. The summed E-state index contributed by atoms with van der Waals surface area (Å²) in [6, 6.07) is 9.89. The maximum absolute atomic E-state index is 12.4. The van der Waals surface area contributed by atoms with E-state index < -0.39 is 0 Å². The number of rotatable bonds is 7. The Hall–Kier alpha value is -2.96. The molecule has 0 aliphatic carbocycles. The van der Waals surface area contributed by atoms with Gasteiger partial charge in [-0.3, -0.25) is 4.79 Å². The molecule has 7 nitrogen and oxygen atoms in total. The lowest BCUT2D eigenvalue weighted by molar-refractivity contribution is -0.116. The van der Waals surface area contributed by atoms with Gasteiger partial charge in [0.15, 0.2) is 11.5 Å². The second-order valence-electron chi connectivity index (χ2n) is 6.62. The Kier molecular flexibility index (Phi) is 5.69. The summed E-state index contributed by atoms with van der Waals surface area (Å²) in [7, 11) is 0. The monoisotopic (exact) mass is 366 g/mol. The van der Waals surface area contributed by atoms with Crippen LogP contribution in [-0.2, 0) is 11.2 Å². The Labute approximate surface area is 159 Å². The van der Waals surface area contributed by atoms with Crippen LogP contribution in [0.3, 0.4) is 0 Å². The van der Waals surface area contributed by atoms with E-state index in [0.717, 1.165) is 35.7 Å². The predicted molar refractivity (Wildman–Crippen MR) is 107 cm³/mol. The Balaban J connectivity index is 1.72. The van der Waals surface area contributed by atoms with Crippen LogP contribution >= 0.6 is 0 Å². The number of hydrogen-bond donors (Lipinski definition) is 1. The van der Waals surface area contributed by atoms with Crippen LogP contribution in [0.5, 0.6) is 0 Å². The van der Waals surface area contributed by atoms with Crippen LogP contribution < -0.4 is 10.2 Å². The van der Waals surface area contributed by atoms with Crippen molar-refractivity contribution in [2.45, 2.75) is 40.5 Å². The molecule has 142 valence electrons. The van der Waals surface area contributed by atoms with Crippen molar-refractivity contribution < 1.29 is 4.79 Å². The van der Waals surface area contributed by atoms with Crippen LogP contribution in [0.15, 0.2) is 30.3 Å². The first-order valence-corrected chi connectivity index (χ1v) is 9.35. The predicted octanol–water partition coefficient (Wildman–Crippen LogP) is 3.16. The summed E-state index contributed by atoms with van der Waals surface area (Å²) in [4.78, 5) is 14.5. The summed E-state index contributed by atoms with van der Waals surface area (Å²) in [5.74, 6) is 1.53. The van der Waals surface area contributed by atoms with Crippen molar-refractivity contribution in [2.24, 2.45) is 0 Å². The molecular formula is C20H26N6O. The molecule has 0 fully saturated rings. The van der Waals surface area contributed by atoms with Gasteiger partial charge in [-0.1, -0.05) is 12.1 Å². The minimum Gasteiger partial charge on any atom is -0.356 e. The molecule has 0 bridgehead atoms. The third-order valence-electron chi connectivity index (χ3n) is 4.64. The molecule has 0 atom stereocenters. The molecule has 3 rings (SSSR count). The lowest BCUT2D eigenvalue weighted by Gasteiger charge is -2.19. The fourth-order valence-corrected chi connectivity index (χ4v) is 3.00. The number of nitrogens with zero attached hydrogens (tertiary/aromatic N) is 5. The zero-order chi connectivity index (χ0) is 19.4. The Morgan fingerprint density at radius 3 is 2.63 bits per heavy atom. The number of amides is 1. The lowest BCUT2D eigenvalue weighted by Crippen LogP contribution is -2.23. The molecule has 1 aromatic carbocycles. The second kappa shape index (κ2) is 8.16. The smallest absolute Gasteiger partial charge is 0.224 e. The largest absolute Gasteiger partial charge is 0.356 e. The number of nitrogens with one attached hydrogen (secondary N) is 1. The maximum Gasteiger partial charge on any atom is 0.224 e. The van der Waals surface area contributed by atoms with E-state index in [9.17, 15) is 4.79 Å². The van der Waals surface area contributed by atoms with E-state index in [4.69, 9.17) is 0 Å². The van der Waals surface area contributed by atoms with E-state index in [1.54, 1.807) is 4.52 Å². The van der Waals surface area contributed by atoms with Gasteiger partial charge in [0.25, 0.3) is 0 Å². The van der Waals surface area contributed by atoms with Gasteiger partial charge in [0.2, 0.25) is 5.91 Å². The molecule has 7 heteroatoms. The van der Waals surface area contributed by atoms with Crippen molar-refractivity contribution in [1.82, 2.24) is 19.8 Å². The van der Waals surface area contributed by atoms with Crippen LogP contribution in [0, 0.1) is 13.8 Å². The van der Waals surface area contributed by atoms with E-state index in [1.165, 1.54) is 0 Å². The first-order chi connectivity index (χ1) is 13.0. The van der Waals surface area contributed by atoms with Crippen LogP contribution in [-0.4, -0.2) is 38.8 Å². The molecule has 0 aliphatic heterocycles. The number of benzene rings is 1. The fraction of sp³-hybridized carbons (Fsp3) is 0.400. The highest BCUT2D eigenvalue weighted by molar-refractivity contribution is 5.91. The maximum atomic E-state index is 12.4. The molecule has 0 aliphatic rings. The van der Waals surface area contributed by atoms with Crippen molar-refractivity contribution in [2.75, 3.05) is 23.3 Å². The van der Waals surface area contributed by atoms with Gasteiger partial charge in [-0.2, -0.15) is 4.52 Å². The Morgan fingerprint density at radius 1 is 1.11 bits per heavy atom. The van der Waals surface area contributed by atoms with Crippen molar-refractivity contribution >= 4 is 23.1 Å². The SMILES string of the molecule is CCN(CC)c1ccc2nnc(CCC(=O)Nc3cc(C)ccc3C)n2n1.